The van der Waals surface area contributed by atoms with E-state index in [9.17, 15) is 0 Å². The monoisotopic (exact) mass is 156 g/mol. The third kappa shape index (κ3) is 7.60. The summed E-state index contributed by atoms with van der Waals surface area (Å²) in [5.41, 5.74) is 1.32. The largest absolute Gasteiger partial charge is 0.392 e. The van der Waals surface area contributed by atoms with E-state index in [4.69, 9.17) is 5.11 Å². The van der Waals surface area contributed by atoms with Crippen molar-refractivity contribution in [2.75, 3.05) is 6.61 Å². The highest BCUT2D eigenvalue weighted by Gasteiger charge is 1.89. The van der Waals surface area contributed by atoms with Crippen LogP contribution in [0.2, 0.25) is 0 Å². The number of hydrogen-bond donors (Lipinski definition) is 1. The van der Waals surface area contributed by atoms with Crippen LogP contribution in [0, 0.1) is 0 Å². The summed E-state index contributed by atoms with van der Waals surface area (Å²) < 4.78 is 0. The summed E-state index contributed by atoms with van der Waals surface area (Å²) in [6.07, 6.45) is 8.28. The summed E-state index contributed by atoms with van der Waals surface area (Å²) in [7, 11) is 0. The van der Waals surface area contributed by atoms with E-state index in [1.54, 1.807) is 0 Å². The fourth-order valence-electron chi connectivity index (χ4n) is 1.09. The van der Waals surface area contributed by atoms with Crippen molar-refractivity contribution in [2.45, 2.75) is 46.0 Å². The van der Waals surface area contributed by atoms with Gasteiger partial charge in [-0.05, 0) is 19.8 Å². The fourth-order valence-corrected chi connectivity index (χ4v) is 1.09. The molecule has 0 heterocycles. The molecule has 0 aliphatic carbocycles. The molecule has 0 saturated carbocycles. The van der Waals surface area contributed by atoms with Gasteiger partial charge in [0, 0.05) is 0 Å². The molecule has 0 atom stereocenters. The molecule has 0 aliphatic heterocycles. The van der Waals surface area contributed by atoms with Crippen LogP contribution >= 0.6 is 0 Å². The zero-order valence-corrected chi connectivity index (χ0v) is 7.77. The van der Waals surface area contributed by atoms with Gasteiger partial charge in [-0.1, -0.05) is 37.8 Å². The van der Waals surface area contributed by atoms with Gasteiger partial charge in [-0.25, -0.2) is 0 Å². The molecule has 0 saturated heterocycles. The quantitative estimate of drug-likeness (QED) is 0.463. The summed E-state index contributed by atoms with van der Waals surface area (Å²) in [5.74, 6) is 0. The van der Waals surface area contributed by atoms with Gasteiger partial charge in [0.15, 0.2) is 0 Å². The lowest BCUT2D eigenvalue weighted by molar-refractivity contribution is 0.341. The zero-order valence-electron chi connectivity index (χ0n) is 7.77. The highest BCUT2D eigenvalue weighted by atomic mass is 16.2. The van der Waals surface area contributed by atoms with E-state index in [0.29, 0.717) is 0 Å². The maximum absolute atomic E-state index is 8.56. The van der Waals surface area contributed by atoms with Crippen LogP contribution in [0.3, 0.4) is 0 Å². The van der Waals surface area contributed by atoms with Crippen LogP contribution < -0.4 is 0 Å². The van der Waals surface area contributed by atoms with Crippen molar-refractivity contribution in [2.24, 2.45) is 0 Å². The number of unbranched alkanes of at least 4 members (excludes halogenated alkanes) is 3. The summed E-state index contributed by atoms with van der Waals surface area (Å²) in [4.78, 5) is 0. The van der Waals surface area contributed by atoms with Gasteiger partial charge < -0.3 is 5.11 Å². The third-order valence-electron chi connectivity index (χ3n) is 1.86. The maximum Gasteiger partial charge on any atom is 0.0614 e. The Labute approximate surface area is 70.1 Å². The molecule has 0 bridgehead atoms. The molecular formula is C10H20O. The summed E-state index contributed by atoms with van der Waals surface area (Å²) >= 11 is 0. The number of rotatable bonds is 6. The lowest BCUT2D eigenvalue weighted by Gasteiger charge is -1.99. The van der Waals surface area contributed by atoms with Gasteiger partial charge in [0.05, 0.1) is 6.61 Å². The first kappa shape index (κ1) is 10.7. The smallest absolute Gasteiger partial charge is 0.0614 e. The van der Waals surface area contributed by atoms with Gasteiger partial charge in [-0.15, -0.1) is 0 Å². The normalized spacial score (nSPS) is 12.1. The number of aliphatic hydroxyl groups is 1. The number of hydrogen-bond acceptors (Lipinski definition) is 1. The van der Waals surface area contributed by atoms with Crippen LogP contribution in [-0.4, -0.2) is 11.7 Å². The molecule has 0 aromatic heterocycles. The molecule has 0 radical (unpaired) electrons. The third-order valence-corrected chi connectivity index (χ3v) is 1.86. The summed E-state index contributed by atoms with van der Waals surface area (Å²) in [5, 5.41) is 8.56. The van der Waals surface area contributed by atoms with E-state index in [1.807, 2.05) is 6.08 Å². The van der Waals surface area contributed by atoms with Gasteiger partial charge in [-0.2, -0.15) is 0 Å². The minimum Gasteiger partial charge on any atom is -0.392 e. The first-order valence-electron chi connectivity index (χ1n) is 4.57. The Morgan fingerprint density at radius 3 is 2.55 bits per heavy atom. The van der Waals surface area contributed by atoms with Crippen LogP contribution in [0.4, 0.5) is 0 Å². The lowest BCUT2D eigenvalue weighted by atomic mass is 10.1. The van der Waals surface area contributed by atoms with Crippen LogP contribution in [-0.2, 0) is 0 Å². The van der Waals surface area contributed by atoms with Crippen molar-refractivity contribution in [1.29, 1.82) is 0 Å². The first-order chi connectivity index (χ1) is 5.31. The Morgan fingerprint density at radius 1 is 1.27 bits per heavy atom. The predicted molar refractivity (Wildman–Crippen MR) is 49.6 cm³/mol. The highest BCUT2D eigenvalue weighted by Crippen LogP contribution is 2.08. The van der Waals surface area contributed by atoms with Crippen LogP contribution in [0.5, 0.6) is 0 Å². The van der Waals surface area contributed by atoms with Gasteiger partial charge in [0.1, 0.15) is 0 Å². The molecule has 0 aliphatic rings. The molecule has 11 heavy (non-hydrogen) atoms. The second-order valence-corrected chi connectivity index (χ2v) is 3.04. The average Bonchev–Trinajstić information content (AvgIpc) is 1.99. The Morgan fingerprint density at radius 2 is 2.00 bits per heavy atom. The average molecular weight is 156 g/mol. The van der Waals surface area contributed by atoms with Crippen LogP contribution in [0.15, 0.2) is 11.6 Å². The Bertz CT molecular complexity index is 105. The SMILES string of the molecule is CCCCCC/C(C)=C\CO. The van der Waals surface area contributed by atoms with Gasteiger partial charge in [0.2, 0.25) is 0 Å². The van der Waals surface area contributed by atoms with E-state index in [0.717, 1.165) is 6.42 Å². The fraction of sp³-hybridized carbons (Fsp3) is 0.800. The second-order valence-electron chi connectivity index (χ2n) is 3.04. The molecular weight excluding hydrogens is 136 g/mol. The lowest BCUT2D eigenvalue weighted by Crippen LogP contribution is -1.82. The molecule has 0 fully saturated rings. The Kier molecular flexibility index (Phi) is 7.59. The topological polar surface area (TPSA) is 20.2 Å². The minimum atomic E-state index is 0.194. The van der Waals surface area contributed by atoms with E-state index >= 15 is 0 Å². The highest BCUT2D eigenvalue weighted by molar-refractivity contribution is 4.97. The van der Waals surface area contributed by atoms with Crippen molar-refractivity contribution in [1.82, 2.24) is 0 Å². The Hall–Kier alpha value is -0.300. The van der Waals surface area contributed by atoms with E-state index in [2.05, 4.69) is 13.8 Å². The predicted octanol–water partition coefficient (Wildman–Crippen LogP) is 2.90. The number of allylic oxidation sites excluding steroid dienone is 1. The molecule has 0 unspecified atom stereocenters. The van der Waals surface area contributed by atoms with Crippen molar-refractivity contribution in [3.05, 3.63) is 11.6 Å². The summed E-state index contributed by atoms with van der Waals surface area (Å²) in [6.45, 7) is 4.50. The molecule has 0 spiro atoms. The van der Waals surface area contributed by atoms with Gasteiger partial charge >= 0.3 is 0 Å². The molecule has 0 aromatic carbocycles. The Balaban J connectivity index is 3.17. The van der Waals surface area contributed by atoms with Crippen LogP contribution in [0.1, 0.15) is 46.0 Å². The van der Waals surface area contributed by atoms with E-state index in [1.165, 1.54) is 31.3 Å². The molecule has 1 nitrogen and oxygen atoms in total. The van der Waals surface area contributed by atoms with Crippen molar-refractivity contribution in [3.63, 3.8) is 0 Å². The maximum atomic E-state index is 8.56. The van der Waals surface area contributed by atoms with Crippen molar-refractivity contribution >= 4 is 0 Å². The van der Waals surface area contributed by atoms with Crippen molar-refractivity contribution in [3.8, 4) is 0 Å². The van der Waals surface area contributed by atoms with Gasteiger partial charge in [-0.3, -0.25) is 0 Å². The van der Waals surface area contributed by atoms with E-state index < -0.39 is 0 Å². The first-order valence-corrected chi connectivity index (χ1v) is 4.57. The molecule has 0 aromatic rings. The summed E-state index contributed by atoms with van der Waals surface area (Å²) in [6, 6.07) is 0. The van der Waals surface area contributed by atoms with E-state index in [-0.39, 0.29) is 6.61 Å². The second kappa shape index (κ2) is 7.80. The number of aliphatic hydroxyl groups excluding tert-OH is 1. The molecule has 1 N–H and O–H groups in total. The minimum absolute atomic E-state index is 0.194. The zero-order chi connectivity index (χ0) is 8.53. The molecule has 0 rings (SSSR count). The van der Waals surface area contributed by atoms with Crippen LogP contribution in [0.25, 0.3) is 0 Å². The van der Waals surface area contributed by atoms with Crippen molar-refractivity contribution < 1.29 is 5.11 Å². The standard InChI is InChI=1S/C10H20O/c1-3-4-5-6-7-10(2)8-9-11/h8,11H,3-7,9H2,1-2H3/b10-8-. The molecule has 1 heteroatoms. The van der Waals surface area contributed by atoms with Gasteiger partial charge in [0.25, 0.3) is 0 Å². The molecule has 0 amide bonds. The molecule has 66 valence electrons.